The second kappa shape index (κ2) is 12.0. The Morgan fingerprint density at radius 1 is 1.11 bits per heavy atom. The Hall–Kier alpha value is -5.43. The van der Waals surface area contributed by atoms with Crippen LogP contribution in [-0.4, -0.2) is 35.8 Å². The third-order valence-corrected chi connectivity index (χ3v) is 5.34. The van der Waals surface area contributed by atoms with Crippen molar-refractivity contribution >= 4 is 23.8 Å². The maximum absolute atomic E-state index is 12.4. The molecule has 0 bridgehead atoms. The highest BCUT2D eigenvalue weighted by atomic mass is 16.5. The molecule has 1 amide bonds. The molecule has 0 aliphatic carbocycles. The molecule has 0 aliphatic heterocycles. The molecule has 3 N–H and O–H groups in total. The molecule has 0 unspecified atom stereocenters. The number of amides is 1. The van der Waals surface area contributed by atoms with Gasteiger partial charge < -0.3 is 14.8 Å². The van der Waals surface area contributed by atoms with Gasteiger partial charge in [-0.2, -0.15) is 10.4 Å². The number of carbonyl (C=O) groups is 1. The Morgan fingerprint density at radius 2 is 1.87 bits per heavy atom. The third kappa shape index (κ3) is 6.41. The van der Waals surface area contributed by atoms with Crippen molar-refractivity contribution in [1.29, 1.82) is 5.26 Å². The lowest BCUT2D eigenvalue weighted by molar-refractivity contribution is -0.118. The van der Waals surface area contributed by atoms with Gasteiger partial charge in [-0.25, -0.2) is 10.4 Å². The van der Waals surface area contributed by atoms with Crippen LogP contribution in [0, 0.1) is 18.3 Å². The fourth-order valence-electron chi connectivity index (χ4n) is 3.46. The zero-order chi connectivity index (χ0) is 26.9. The molecule has 0 aliphatic rings. The van der Waals surface area contributed by atoms with Crippen LogP contribution in [0.5, 0.6) is 11.5 Å². The number of H-pyrrole nitrogens is 1. The summed E-state index contributed by atoms with van der Waals surface area (Å²) in [5.41, 5.74) is 5.35. The number of methoxy groups -OCH3 is 1. The first-order chi connectivity index (χ1) is 18.5. The monoisotopic (exact) mass is 508 g/mol. The number of nitriles is 1. The molecule has 0 fully saturated rings. The maximum atomic E-state index is 12.4. The molecule has 1 aromatic heterocycles. The predicted octanol–water partition coefficient (Wildman–Crippen LogP) is 4.09. The number of nitrogens with one attached hydrogen (secondary N) is 3. The minimum absolute atomic E-state index is 0.0793. The van der Waals surface area contributed by atoms with E-state index < -0.39 is 5.56 Å². The van der Waals surface area contributed by atoms with Gasteiger partial charge in [-0.3, -0.25) is 14.6 Å². The van der Waals surface area contributed by atoms with Gasteiger partial charge in [0.2, 0.25) is 5.95 Å². The Kier molecular flexibility index (Phi) is 8.11. The molecule has 0 spiro atoms. The number of ether oxygens (including phenoxy) is 2. The van der Waals surface area contributed by atoms with Gasteiger partial charge in [-0.1, -0.05) is 48.0 Å². The van der Waals surface area contributed by atoms with Crippen LogP contribution >= 0.6 is 0 Å². The molecular weight excluding hydrogens is 484 g/mol. The normalized spacial score (nSPS) is 10.6. The van der Waals surface area contributed by atoms with Crippen LogP contribution in [0.15, 0.2) is 82.7 Å². The number of aromatic nitrogens is 2. The summed E-state index contributed by atoms with van der Waals surface area (Å²) in [5, 5.41) is 16.3. The van der Waals surface area contributed by atoms with E-state index in [1.165, 1.54) is 13.3 Å². The number of hydrogen-bond donors (Lipinski definition) is 3. The lowest BCUT2D eigenvalue weighted by Crippen LogP contribution is -2.20. The molecule has 0 radical (unpaired) electrons. The number of benzene rings is 3. The minimum atomic E-state index is -0.575. The molecule has 190 valence electrons. The van der Waals surface area contributed by atoms with Gasteiger partial charge in [-0.05, 0) is 42.8 Å². The van der Waals surface area contributed by atoms with Crippen LogP contribution < -0.4 is 25.8 Å². The van der Waals surface area contributed by atoms with Gasteiger partial charge in [0.05, 0.1) is 19.0 Å². The SMILES string of the molecule is COc1cc(C=NNc2nc(-c3ccccc3)c(C#N)c(=O)[nH]2)ccc1OCC(=O)Nc1ccc(C)cc1. The second-order valence-corrected chi connectivity index (χ2v) is 8.10. The van der Waals surface area contributed by atoms with Crippen molar-refractivity contribution in [2.75, 3.05) is 24.5 Å². The van der Waals surface area contributed by atoms with Crippen LogP contribution in [-0.2, 0) is 4.79 Å². The van der Waals surface area contributed by atoms with E-state index in [0.29, 0.717) is 28.3 Å². The number of aryl methyl sites for hydroxylation is 1. The van der Waals surface area contributed by atoms with Gasteiger partial charge in [0.15, 0.2) is 18.1 Å². The average Bonchev–Trinajstić information content (AvgIpc) is 2.93. The van der Waals surface area contributed by atoms with Gasteiger partial charge >= 0.3 is 0 Å². The van der Waals surface area contributed by atoms with E-state index in [1.807, 2.05) is 43.3 Å². The van der Waals surface area contributed by atoms with Crippen LogP contribution in [0.1, 0.15) is 16.7 Å². The smallest absolute Gasteiger partial charge is 0.270 e. The molecule has 0 saturated carbocycles. The average molecular weight is 509 g/mol. The molecule has 10 nitrogen and oxygen atoms in total. The molecular formula is C28H24N6O4. The highest BCUT2D eigenvalue weighted by molar-refractivity contribution is 5.92. The van der Waals surface area contributed by atoms with E-state index in [4.69, 9.17) is 9.47 Å². The summed E-state index contributed by atoms with van der Waals surface area (Å²) in [6, 6.07) is 23.4. The largest absolute Gasteiger partial charge is 0.493 e. The summed E-state index contributed by atoms with van der Waals surface area (Å²) in [5.74, 6) is 0.579. The van der Waals surface area contributed by atoms with E-state index in [1.54, 1.807) is 42.5 Å². The third-order valence-electron chi connectivity index (χ3n) is 5.34. The lowest BCUT2D eigenvalue weighted by atomic mass is 10.1. The molecule has 0 atom stereocenters. The van der Waals surface area contributed by atoms with E-state index in [0.717, 1.165) is 5.56 Å². The van der Waals surface area contributed by atoms with Crippen molar-refractivity contribution in [2.24, 2.45) is 5.10 Å². The van der Waals surface area contributed by atoms with Crippen molar-refractivity contribution < 1.29 is 14.3 Å². The maximum Gasteiger partial charge on any atom is 0.270 e. The Balaban J connectivity index is 1.42. The fourth-order valence-corrected chi connectivity index (χ4v) is 3.46. The molecule has 1 heterocycles. The summed E-state index contributed by atoms with van der Waals surface area (Å²) in [7, 11) is 1.49. The molecule has 10 heteroatoms. The van der Waals surface area contributed by atoms with Crippen molar-refractivity contribution in [3.05, 3.63) is 99.8 Å². The van der Waals surface area contributed by atoms with Crippen molar-refractivity contribution in [3.8, 4) is 28.8 Å². The van der Waals surface area contributed by atoms with Crippen molar-refractivity contribution in [2.45, 2.75) is 6.92 Å². The fraction of sp³-hybridized carbons (Fsp3) is 0.107. The van der Waals surface area contributed by atoms with Crippen LogP contribution in [0.4, 0.5) is 11.6 Å². The Labute approximate surface area is 218 Å². The Bertz CT molecular complexity index is 1560. The number of hydrazone groups is 1. The minimum Gasteiger partial charge on any atom is -0.493 e. The van der Waals surface area contributed by atoms with Crippen molar-refractivity contribution in [1.82, 2.24) is 9.97 Å². The zero-order valence-electron chi connectivity index (χ0n) is 20.7. The first kappa shape index (κ1) is 25.7. The Morgan fingerprint density at radius 3 is 2.58 bits per heavy atom. The molecule has 38 heavy (non-hydrogen) atoms. The summed E-state index contributed by atoms with van der Waals surface area (Å²) in [4.78, 5) is 31.5. The van der Waals surface area contributed by atoms with Crippen molar-refractivity contribution in [3.63, 3.8) is 0 Å². The topological polar surface area (TPSA) is 141 Å². The first-order valence-corrected chi connectivity index (χ1v) is 11.5. The van der Waals surface area contributed by atoms with Crippen LogP contribution in [0.2, 0.25) is 0 Å². The standard InChI is InChI=1S/C28H24N6O4/c1-18-8-11-21(12-9-18)31-25(35)17-38-23-13-10-19(14-24(23)37-2)16-30-34-28-32-26(20-6-4-3-5-7-20)22(15-29)27(36)33-28/h3-14,16H,17H2,1-2H3,(H,31,35)(H2,32,33,34,36). The summed E-state index contributed by atoms with van der Waals surface area (Å²) < 4.78 is 11.0. The quantitative estimate of drug-likeness (QED) is 0.228. The van der Waals surface area contributed by atoms with Crippen LogP contribution in [0.3, 0.4) is 0 Å². The summed E-state index contributed by atoms with van der Waals surface area (Å²) in [6.45, 7) is 1.78. The lowest BCUT2D eigenvalue weighted by Gasteiger charge is -2.11. The number of hydrogen-bond acceptors (Lipinski definition) is 8. The van der Waals surface area contributed by atoms with Gasteiger partial charge in [0, 0.05) is 11.3 Å². The highest BCUT2D eigenvalue weighted by Crippen LogP contribution is 2.27. The number of nitrogens with zero attached hydrogens (tertiary/aromatic N) is 3. The molecule has 0 saturated heterocycles. The number of rotatable bonds is 9. The number of carbonyl (C=O) groups excluding carboxylic acids is 1. The van der Waals surface area contributed by atoms with Crippen LogP contribution in [0.25, 0.3) is 11.3 Å². The predicted molar refractivity (Wildman–Crippen MR) is 145 cm³/mol. The summed E-state index contributed by atoms with van der Waals surface area (Å²) in [6.07, 6.45) is 1.50. The number of anilines is 2. The second-order valence-electron chi connectivity index (χ2n) is 8.10. The van der Waals surface area contributed by atoms with Gasteiger partial charge in [-0.15, -0.1) is 0 Å². The van der Waals surface area contributed by atoms with E-state index >= 15 is 0 Å². The first-order valence-electron chi connectivity index (χ1n) is 11.5. The summed E-state index contributed by atoms with van der Waals surface area (Å²) >= 11 is 0. The van der Waals surface area contributed by atoms with E-state index in [-0.39, 0.29) is 29.7 Å². The van der Waals surface area contributed by atoms with Gasteiger partial charge in [0.1, 0.15) is 11.6 Å². The molecule has 4 aromatic rings. The highest BCUT2D eigenvalue weighted by Gasteiger charge is 2.13. The molecule has 4 rings (SSSR count). The van der Waals surface area contributed by atoms with E-state index in [2.05, 4.69) is 25.8 Å². The number of aromatic amines is 1. The zero-order valence-corrected chi connectivity index (χ0v) is 20.7. The molecule has 3 aromatic carbocycles. The van der Waals surface area contributed by atoms with Gasteiger partial charge in [0.25, 0.3) is 11.5 Å². The van der Waals surface area contributed by atoms with E-state index in [9.17, 15) is 14.9 Å².